The van der Waals surface area contributed by atoms with E-state index in [4.69, 9.17) is 33.1 Å². The molecule has 1 fully saturated rings. The lowest BCUT2D eigenvalue weighted by Crippen LogP contribution is -2.39. The zero-order valence-corrected chi connectivity index (χ0v) is 13.9. The average molecular weight is 336 g/mol. The van der Waals surface area contributed by atoms with Gasteiger partial charge in [-0.3, -0.25) is 9.69 Å². The highest BCUT2D eigenvalue weighted by atomic mass is 35.5. The van der Waals surface area contributed by atoms with E-state index >= 15 is 0 Å². The molecular formula is C15H20Cl2FNO2. The third-order valence-electron chi connectivity index (χ3n) is 3.62. The Hall–Kier alpha value is -0.840. The Morgan fingerprint density at radius 1 is 1.38 bits per heavy atom. The van der Waals surface area contributed by atoms with Gasteiger partial charge in [-0.15, -0.1) is 0 Å². The zero-order chi connectivity index (χ0) is 16.2. The van der Waals surface area contributed by atoms with Crippen molar-refractivity contribution in [3.8, 4) is 0 Å². The standard InChI is InChI=1S/C14H18Cl2FN.CH2O2/c1-14(2,3)18-7-6-9(8-18)12-11(17)5-4-10(15)13(12)16;2-1-3/h4-5,9H,6-8H2,1-3H3;1H,(H,2,3). The molecule has 2 rings (SSSR count). The highest BCUT2D eigenvalue weighted by molar-refractivity contribution is 6.42. The number of hydrogen-bond acceptors (Lipinski definition) is 2. The van der Waals surface area contributed by atoms with E-state index in [9.17, 15) is 4.39 Å². The summed E-state index contributed by atoms with van der Waals surface area (Å²) in [6, 6.07) is 2.92. The van der Waals surface area contributed by atoms with Gasteiger partial charge in [0.2, 0.25) is 0 Å². The SMILES string of the molecule is CC(C)(C)N1CCC(c2c(F)ccc(Cl)c2Cl)C1.O=CO. The van der Waals surface area contributed by atoms with Crippen LogP contribution in [0.4, 0.5) is 4.39 Å². The van der Waals surface area contributed by atoms with Crippen LogP contribution in [-0.4, -0.2) is 35.1 Å². The monoisotopic (exact) mass is 335 g/mol. The molecule has 1 N–H and O–H groups in total. The molecule has 1 aromatic rings. The van der Waals surface area contributed by atoms with Crippen LogP contribution in [0.1, 0.15) is 38.7 Å². The maximum Gasteiger partial charge on any atom is 0.290 e. The van der Waals surface area contributed by atoms with Gasteiger partial charge in [0.15, 0.2) is 0 Å². The third-order valence-corrected chi connectivity index (χ3v) is 4.44. The minimum Gasteiger partial charge on any atom is -0.483 e. The molecule has 1 unspecified atom stereocenters. The van der Waals surface area contributed by atoms with Crippen molar-refractivity contribution < 1.29 is 14.3 Å². The van der Waals surface area contributed by atoms with Crippen molar-refractivity contribution in [2.45, 2.75) is 38.6 Å². The van der Waals surface area contributed by atoms with Crippen LogP contribution in [0.15, 0.2) is 12.1 Å². The van der Waals surface area contributed by atoms with Gasteiger partial charge in [0.25, 0.3) is 6.47 Å². The second-order valence-electron chi connectivity index (χ2n) is 5.96. The summed E-state index contributed by atoms with van der Waals surface area (Å²) in [4.78, 5) is 10.7. The lowest BCUT2D eigenvalue weighted by atomic mass is 9.97. The van der Waals surface area contributed by atoms with Crippen LogP contribution in [-0.2, 0) is 4.79 Å². The Bertz CT molecular complexity index is 503. The fraction of sp³-hybridized carbons (Fsp3) is 0.533. The van der Waals surface area contributed by atoms with Crippen molar-refractivity contribution >= 4 is 29.7 Å². The van der Waals surface area contributed by atoms with Crippen LogP contribution in [0.5, 0.6) is 0 Å². The van der Waals surface area contributed by atoms with Gasteiger partial charge in [0.05, 0.1) is 10.0 Å². The molecule has 1 saturated heterocycles. The van der Waals surface area contributed by atoms with E-state index in [2.05, 4.69) is 25.7 Å². The molecule has 1 aliphatic rings. The molecule has 0 aliphatic carbocycles. The van der Waals surface area contributed by atoms with Crippen LogP contribution in [0.3, 0.4) is 0 Å². The summed E-state index contributed by atoms with van der Waals surface area (Å²) in [6.45, 7) is 8.07. The summed E-state index contributed by atoms with van der Waals surface area (Å²) < 4.78 is 13.9. The molecule has 0 spiro atoms. The second kappa shape index (κ2) is 7.43. The largest absolute Gasteiger partial charge is 0.483 e. The van der Waals surface area contributed by atoms with E-state index in [1.54, 1.807) is 0 Å². The Labute approximate surface area is 134 Å². The second-order valence-corrected chi connectivity index (χ2v) is 6.75. The number of rotatable bonds is 1. The summed E-state index contributed by atoms with van der Waals surface area (Å²) in [6.07, 6.45) is 0.925. The van der Waals surface area contributed by atoms with Gasteiger partial charge in [-0.2, -0.15) is 0 Å². The molecule has 1 heterocycles. The number of benzene rings is 1. The molecule has 1 aliphatic heterocycles. The van der Waals surface area contributed by atoms with Crippen molar-refractivity contribution in [3.05, 3.63) is 33.6 Å². The van der Waals surface area contributed by atoms with Crippen molar-refractivity contribution in [1.82, 2.24) is 4.90 Å². The van der Waals surface area contributed by atoms with E-state index in [0.29, 0.717) is 15.6 Å². The Morgan fingerprint density at radius 3 is 2.43 bits per heavy atom. The maximum absolute atomic E-state index is 13.9. The minimum absolute atomic E-state index is 0.107. The first kappa shape index (κ1) is 18.2. The molecule has 1 aromatic carbocycles. The topological polar surface area (TPSA) is 40.5 Å². The quantitative estimate of drug-likeness (QED) is 0.610. The van der Waals surface area contributed by atoms with Crippen molar-refractivity contribution in [2.24, 2.45) is 0 Å². The number of nitrogens with zero attached hydrogens (tertiary/aromatic N) is 1. The van der Waals surface area contributed by atoms with Gasteiger partial charge in [-0.1, -0.05) is 23.2 Å². The third kappa shape index (κ3) is 4.56. The number of likely N-dealkylation sites (tertiary alicyclic amines) is 1. The van der Waals surface area contributed by atoms with Crippen LogP contribution >= 0.6 is 23.2 Å². The first-order valence-corrected chi connectivity index (χ1v) is 7.44. The van der Waals surface area contributed by atoms with Crippen LogP contribution in [0.25, 0.3) is 0 Å². The number of carbonyl (C=O) groups is 1. The maximum atomic E-state index is 13.9. The number of halogens is 3. The van der Waals surface area contributed by atoms with Gasteiger partial charge >= 0.3 is 0 Å². The van der Waals surface area contributed by atoms with Gasteiger partial charge in [0, 0.05) is 23.6 Å². The van der Waals surface area contributed by atoms with Crippen LogP contribution < -0.4 is 0 Å². The molecule has 0 saturated carbocycles. The molecule has 0 radical (unpaired) electrons. The minimum atomic E-state index is -0.250. The fourth-order valence-corrected chi connectivity index (χ4v) is 2.99. The molecular weight excluding hydrogens is 316 g/mol. The highest BCUT2D eigenvalue weighted by Crippen LogP contribution is 2.39. The molecule has 0 aromatic heterocycles. The summed E-state index contributed by atoms with van der Waals surface area (Å²) in [7, 11) is 0. The Balaban J connectivity index is 0.000000677. The molecule has 0 amide bonds. The average Bonchev–Trinajstić information content (AvgIpc) is 2.85. The number of carboxylic acid groups (broad SMARTS) is 1. The molecule has 118 valence electrons. The Kier molecular flexibility index (Phi) is 6.44. The summed E-state index contributed by atoms with van der Waals surface area (Å²) in [5, 5.41) is 7.69. The van der Waals surface area contributed by atoms with E-state index < -0.39 is 0 Å². The number of hydrogen-bond donors (Lipinski definition) is 1. The lowest BCUT2D eigenvalue weighted by Gasteiger charge is -2.31. The molecule has 0 bridgehead atoms. The molecule has 3 nitrogen and oxygen atoms in total. The first-order valence-electron chi connectivity index (χ1n) is 6.68. The van der Waals surface area contributed by atoms with Crippen molar-refractivity contribution in [2.75, 3.05) is 13.1 Å². The summed E-state index contributed by atoms with van der Waals surface area (Å²) in [5.41, 5.74) is 0.687. The molecule has 1 atom stereocenters. The first-order chi connectivity index (χ1) is 9.72. The van der Waals surface area contributed by atoms with Gasteiger partial charge < -0.3 is 5.11 Å². The Morgan fingerprint density at radius 2 is 1.95 bits per heavy atom. The van der Waals surface area contributed by atoms with Gasteiger partial charge in [0.1, 0.15) is 5.82 Å². The predicted octanol–water partition coefficient (Wildman–Crippen LogP) is 4.42. The van der Waals surface area contributed by atoms with Crippen LogP contribution in [0, 0.1) is 5.82 Å². The predicted molar refractivity (Wildman–Crippen MR) is 83.8 cm³/mol. The van der Waals surface area contributed by atoms with Crippen molar-refractivity contribution in [3.63, 3.8) is 0 Å². The zero-order valence-electron chi connectivity index (χ0n) is 12.4. The van der Waals surface area contributed by atoms with Crippen molar-refractivity contribution in [1.29, 1.82) is 0 Å². The van der Waals surface area contributed by atoms with E-state index in [1.807, 2.05) is 0 Å². The fourth-order valence-electron chi connectivity index (χ4n) is 2.52. The normalized spacial score (nSPS) is 19.0. The molecule has 21 heavy (non-hydrogen) atoms. The summed E-state index contributed by atoms with van der Waals surface area (Å²) in [5.74, 6) is -0.111. The molecule has 6 heteroatoms. The van der Waals surface area contributed by atoms with E-state index in [-0.39, 0.29) is 23.7 Å². The van der Waals surface area contributed by atoms with Gasteiger partial charge in [-0.25, -0.2) is 4.39 Å². The lowest BCUT2D eigenvalue weighted by molar-refractivity contribution is -0.122. The van der Waals surface area contributed by atoms with E-state index in [1.165, 1.54) is 12.1 Å². The summed E-state index contributed by atoms with van der Waals surface area (Å²) >= 11 is 12.1. The highest BCUT2D eigenvalue weighted by Gasteiger charge is 2.33. The van der Waals surface area contributed by atoms with E-state index in [0.717, 1.165) is 19.5 Å². The smallest absolute Gasteiger partial charge is 0.290 e. The van der Waals surface area contributed by atoms with Gasteiger partial charge in [-0.05, 0) is 45.9 Å². The van der Waals surface area contributed by atoms with Crippen LogP contribution in [0.2, 0.25) is 10.0 Å².